The van der Waals surface area contributed by atoms with Crippen LogP contribution in [0.15, 0.2) is 23.1 Å². The fraction of sp³-hybridized carbons (Fsp3) is 0.600. The van der Waals surface area contributed by atoms with Gasteiger partial charge in [-0.3, -0.25) is 9.59 Å². The van der Waals surface area contributed by atoms with E-state index >= 15 is 0 Å². The summed E-state index contributed by atoms with van der Waals surface area (Å²) in [5.41, 5.74) is 1.82. The van der Waals surface area contributed by atoms with Gasteiger partial charge in [0.2, 0.25) is 10.0 Å². The number of rotatable bonds is 7. The van der Waals surface area contributed by atoms with E-state index in [1.807, 2.05) is 13.8 Å². The minimum Gasteiger partial charge on any atom is -0.455 e. The zero-order valence-electron chi connectivity index (χ0n) is 16.9. The summed E-state index contributed by atoms with van der Waals surface area (Å²) in [6.07, 6.45) is 3.14. The van der Waals surface area contributed by atoms with Gasteiger partial charge < -0.3 is 10.1 Å². The Balaban J connectivity index is 1.79. The Labute approximate surface area is 167 Å². The molecule has 3 atom stereocenters. The first-order valence-electron chi connectivity index (χ1n) is 9.62. The second-order valence-corrected chi connectivity index (χ2v) is 9.44. The SMILES string of the molecule is Cc1ccc(S(=O)(=O)NCC(=O)OCC(=O)N[C@H]2CCC[C@H](C)[C@@H]2C)cc1C. The van der Waals surface area contributed by atoms with E-state index in [1.54, 1.807) is 12.1 Å². The zero-order chi connectivity index (χ0) is 20.9. The Kier molecular flexibility index (Phi) is 7.60. The maximum atomic E-state index is 12.3. The molecule has 1 fully saturated rings. The largest absolute Gasteiger partial charge is 0.455 e. The van der Waals surface area contributed by atoms with E-state index in [4.69, 9.17) is 4.74 Å². The summed E-state index contributed by atoms with van der Waals surface area (Å²) >= 11 is 0. The van der Waals surface area contributed by atoms with Crippen LogP contribution in [0.25, 0.3) is 0 Å². The van der Waals surface area contributed by atoms with Gasteiger partial charge in [0.15, 0.2) is 6.61 Å². The Bertz CT molecular complexity index is 822. The number of nitrogens with one attached hydrogen (secondary N) is 2. The molecule has 7 nitrogen and oxygen atoms in total. The van der Waals surface area contributed by atoms with Gasteiger partial charge in [-0.05, 0) is 55.4 Å². The highest BCUT2D eigenvalue weighted by molar-refractivity contribution is 7.89. The molecular weight excluding hydrogens is 380 g/mol. The first kappa shape index (κ1) is 22.4. The first-order chi connectivity index (χ1) is 13.1. The topological polar surface area (TPSA) is 102 Å². The van der Waals surface area contributed by atoms with Crippen LogP contribution in [0, 0.1) is 25.7 Å². The molecule has 1 amide bonds. The smallest absolute Gasteiger partial charge is 0.321 e. The molecule has 0 aliphatic heterocycles. The van der Waals surface area contributed by atoms with Gasteiger partial charge in [-0.15, -0.1) is 0 Å². The van der Waals surface area contributed by atoms with E-state index in [9.17, 15) is 18.0 Å². The van der Waals surface area contributed by atoms with Gasteiger partial charge in [0.25, 0.3) is 5.91 Å². The highest BCUT2D eigenvalue weighted by Gasteiger charge is 2.28. The number of carbonyl (C=O) groups excluding carboxylic acids is 2. The molecule has 0 radical (unpaired) electrons. The molecule has 1 aromatic carbocycles. The molecule has 1 saturated carbocycles. The number of ether oxygens (including phenoxy) is 1. The Morgan fingerprint density at radius 3 is 2.54 bits per heavy atom. The lowest BCUT2D eigenvalue weighted by Crippen LogP contribution is -2.45. The van der Waals surface area contributed by atoms with Crippen LogP contribution >= 0.6 is 0 Å². The van der Waals surface area contributed by atoms with Crippen molar-refractivity contribution in [1.29, 1.82) is 0 Å². The molecule has 2 N–H and O–H groups in total. The number of carbonyl (C=O) groups is 2. The van der Waals surface area contributed by atoms with E-state index < -0.39 is 29.1 Å². The third-order valence-corrected chi connectivity index (χ3v) is 7.01. The van der Waals surface area contributed by atoms with Gasteiger partial charge in [0.05, 0.1) is 4.90 Å². The van der Waals surface area contributed by atoms with E-state index in [-0.39, 0.29) is 16.8 Å². The Morgan fingerprint density at radius 1 is 1.14 bits per heavy atom. The molecule has 0 spiro atoms. The van der Waals surface area contributed by atoms with Crippen molar-refractivity contribution in [2.75, 3.05) is 13.2 Å². The molecule has 156 valence electrons. The molecule has 28 heavy (non-hydrogen) atoms. The number of hydrogen-bond acceptors (Lipinski definition) is 5. The molecule has 1 aliphatic carbocycles. The monoisotopic (exact) mass is 410 g/mol. The van der Waals surface area contributed by atoms with Crippen molar-refractivity contribution < 1.29 is 22.7 Å². The van der Waals surface area contributed by atoms with E-state index in [2.05, 4.69) is 23.9 Å². The van der Waals surface area contributed by atoms with Gasteiger partial charge in [-0.2, -0.15) is 4.72 Å². The van der Waals surface area contributed by atoms with Crippen LogP contribution < -0.4 is 10.0 Å². The quantitative estimate of drug-likeness (QED) is 0.670. The van der Waals surface area contributed by atoms with Gasteiger partial charge >= 0.3 is 5.97 Å². The number of aryl methyl sites for hydroxylation is 2. The maximum absolute atomic E-state index is 12.3. The number of hydrogen-bond donors (Lipinski definition) is 2. The van der Waals surface area contributed by atoms with Crippen LogP contribution in [0.5, 0.6) is 0 Å². The molecule has 1 aliphatic rings. The summed E-state index contributed by atoms with van der Waals surface area (Å²) in [5, 5.41) is 2.91. The average Bonchev–Trinajstić information content (AvgIpc) is 2.64. The van der Waals surface area contributed by atoms with Crippen molar-refractivity contribution in [2.24, 2.45) is 11.8 Å². The van der Waals surface area contributed by atoms with Gasteiger partial charge in [-0.25, -0.2) is 8.42 Å². The van der Waals surface area contributed by atoms with E-state index in [0.29, 0.717) is 11.8 Å². The van der Waals surface area contributed by atoms with Crippen molar-refractivity contribution in [2.45, 2.75) is 57.9 Å². The van der Waals surface area contributed by atoms with Crippen LogP contribution in [0.4, 0.5) is 0 Å². The predicted octanol–water partition coefficient (Wildman–Crippen LogP) is 2.07. The fourth-order valence-corrected chi connectivity index (χ4v) is 4.40. The highest BCUT2D eigenvalue weighted by Crippen LogP contribution is 2.29. The first-order valence-corrected chi connectivity index (χ1v) is 11.1. The molecule has 0 bridgehead atoms. The summed E-state index contributed by atoms with van der Waals surface area (Å²) in [6, 6.07) is 4.82. The third-order valence-electron chi connectivity index (χ3n) is 5.61. The number of sulfonamides is 1. The molecule has 0 saturated heterocycles. The normalized spacial score (nSPS) is 22.5. The predicted molar refractivity (Wildman–Crippen MR) is 106 cm³/mol. The number of esters is 1. The fourth-order valence-electron chi connectivity index (χ4n) is 3.35. The molecular formula is C20H30N2O5S. The van der Waals surface area contributed by atoms with Crippen LogP contribution in [0.3, 0.4) is 0 Å². The second kappa shape index (κ2) is 9.52. The lowest BCUT2D eigenvalue weighted by atomic mass is 9.78. The minimum atomic E-state index is -3.82. The third kappa shape index (κ3) is 6.04. The lowest BCUT2D eigenvalue weighted by Gasteiger charge is -2.34. The molecule has 1 aromatic rings. The number of amides is 1. The average molecular weight is 411 g/mol. The highest BCUT2D eigenvalue weighted by atomic mass is 32.2. The second-order valence-electron chi connectivity index (χ2n) is 7.67. The van der Waals surface area contributed by atoms with E-state index in [0.717, 1.165) is 30.4 Å². The van der Waals surface area contributed by atoms with Crippen LogP contribution in [0.2, 0.25) is 0 Å². The van der Waals surface area contributed by atoms with Gasteiger partial charge in [-0.1, -0.05) is 32.8 Å². The summed E-state index contributed by atoms with van der Waals surface area (Å²) in [5.74, 6) is -0.247. The summed E-state index contributed by atoms with van der Waals surface area (Å²) in [6.45, 7) is 7.04. The summed E-state index contributed by atoms with van der Waals surface area (Å²) < 4.78 is 31.6. The summed E-state index contributed by atoms with van der Waals surface area (Å²) in [7, 11) is -3.82. The van der Waals surface area contributed by atoms with Crippen molar-refractivity contribution in [1.82, 2.24) is 10.0 Å². The zero-order valence-corrected chi connectivity index (χ0v) is 17.8. The van der Waals surface area contributed by atoms with Crippen molar-refractivity contribution in [3.05, 3.63) is 29.3 Å². The van der Waals surface area contributed by atoms with Crippen LogP contribution in [-0.2, 0) is 24.3 Å². The van der Waals surface area contributed by atoms with Crippen molar-refractivity contribution in [3.8, 4) is 0 Å². The Hall–Kier alpha value is -1.93. The van der Waals surface area contributed by atoms with Gasteiger partial charge in [0, 0.05) is 6.04 Å². The van der Waals surface area contributed by atoms with E-state index in [1.165, 1.54) is 6.07 Å². The standard InChI is InChI=1S/C20H30N2O5S/c1-13-8-9-17(10-15(13)3)28(25,26)21-11-20(24)27-12-19(23)22-18-7-5-6-14(2)16(18)4/h8-10,14,16,18,21H,5-7,11-12H2,1-4H3,(H,22,23)/t14-,16-,18-/m0/s1. The maximum Gasteiger partial charge on any atom is 0.321 e. The molecule has 2 rings (SSSR count). The molecule has 0 aromatic heterocycles. The minimum absolute atomic E-state index is 0.0817. The molecule has 0 heterocycles. The summed E-state index contributed by atoms with van der Waals surface area (Å²) in [4.78, 5) is 23.9. The van der Waals surface area contributed by atoms with Gasteiger partial charge in [0.1, 0.15) is 6.54 Å². The molecule has 8 heteroatoms. The van der Waals surface area contributed by atoms with Crippen LogP contribution in [-0.4, -0.2) is 39.5 Å². The van der Waals surface area contributed by atoms with Crippen molar-refractivity contribution >= 4 is 21.9 Å². The molecule has 0 unspecified atom stereocenters. The number of benzene rings is 1. The lowest BCUT2D eigenvalue weighted by molar-refractivity contribution is -0.147. The Morgan fingerprint density at radius 2 is 1.86 bits per heavy atom. The van der Waals surface area contributed by atoms with Crippen LogP contribution in [0.1, 0.15) is 44.2 Å². The van der Waals surface area contributed by atoms with Crippen molar-refractivity contribution in [3.63, 3.8) is 0 Å².